The van der Waals surface area contributed by atoms with Gasteiger partial charge < -0.3 is 14.8 Å². The number of oxazole rings is 1. The number of fused-ring (bicyclic) bond motifs is 1. The van der Waals surface area contributed by atoms with Gasteiger partial charge in [0.2, 0.25) is 0 Å². The van der Waals surface area contributed by atoms with Gasteiger partial charge in [-0.2, -0.15) is 4.98 Å². The lowest BCUT2D eigenvalue weighted by Crippen LogP contribution is -2.16. The number of anilines is 2. The number of nitrogens with zero attached hydrogens (tertiary/aromatic N) is 2. The molecule has 2 N–H and O–H groups in total. The summed E-state index contributed by atoms with van der Waals surface area (Å²) in [6, 6.07) is 18.2. The van der Waals surface area contributed by atoms with Crippen LogP contribution in [-0.2, 0) is 4.79 Å². The van der Waals surface area contributed by atoms with Gasteiger partial charge in [0.25, 0.3) is 6.01 Å². The van der Waals surface area contributed by atoms with E-state index in [0.29, 0.717) is 34.9 Å². The molecule has 168 valence electrons. The van der Waals surface area contributed by atoms with Crippen molar-refractivity contribution in [3.05, 3.63) is 71.4 Å². The van der Waals surface area contributed by atoms with Crippen LogP contribution in [0.1, 0.15) is 43.6 Å². The van der Waals surface area contributed by atoms with E-state index in [1.807, 2.05) is 18.2 Å². The lowest BCUT2D eigenvalue weighted by Gasteiger charge is -2.28. The molecule has 1 saturated carbocycles. The number of carboxylic acids is 1. The molecule has 2 aromatic carbocycles. The monoisotopic (exact) mass is 461 g/mol. The number of pyridine rings is 1. The molecule has 2 aromatic heterocycles. The van der Waals surface area contributed by atoms with E-state index in [9.17, 15) is 4.79 Å². The first-order valence-electron chi connectivity index (χ1n) is 11.1. The molecular formula is C26H24ClN3O3. The second-order valence-electron chi connectivity index (χ2n) is 8.63. The van der Waals surface area contributed by atoms with Crippen LogP contribution in [-0.4, -0.2) is 21.0 Å². The van der Waals surface area contributed by atoms with E-state index < -0.39 is 5.97 Å². The number of rotatable bonds is 6. The summed E-state index contributed by atoms with van der Waals surface area (Å²) in [6.45, 7) is 0. The summed E-state index contributed by atoms with van der Waals surface area (Å²) in [4.78, 5) is 19.9. The summed E-state index contributed by atoms with van der Waals surface area (Å²) in [5, 5.41) is 12.7. The first kappa shape index (κ1) is 21.5. The van der Waals surface area contributed by atoms with Gasteiger partial charge in [0.1, 0.15) is 5.52 Å². The highest BCUT2D eigenvalue weighted by molar-refractivity contribution is 6.31. The Morgan fingerprint density at radius 3 is 2.55 bits per heavy atom. The van der Waals surface area contributed by atoms with Crippen molar-refractivity contribution < 1.29 is 14.3 Å². The van der Waals surface area contributed by atoms with Gasteiger partial charge in [-0.05, 0) is 67.3 Å². The predicted octanol–water partition coefficient (Wildman–Crippen LogP) is 7.04. The maximum atomic E-state index is 10.9. The lowest BCUT2D eigenvalue weighted by atomic mass is 9.77. The average Bonchev–Trinajstić information content (AvgIpc) is 3.21. The van der Waals surface area contributed by atoms with Crippen molar-refractivity contribution in [1.82, 2.24) is 9.97 Å². The highest BCUT2D eigenvalue weighted by Crippen LogP contribution is 2.37. The van der Waals surface area contributed by atoms with E-state index in [1.54, 1.807) is 18.3 Å². The van der Waals surface area contributed by atoms with E-state index in [1.165, 1.54) is 5.56 Å². The van der Waals surface area contributed by atoms with E-state index in [2.05, 4.69) is 39.6 Å². The minimum atomic E-state index is -0.685. The van der Waals surface area contributed by atoms with Gasteiger partial charge >= 0.3 is 5.97 Å². The highest BCUT2D eigenvalue weighted by atomic mass is 35.5. The molecule has 0 saturated heterocycles. The van der Waals surface area contributed by atoms with E-state index >= 15 is 0 Å². The summed E-state index contributed by atoms with van der Waals surface area (Å²) in [6.07, 6.45) is 6.14. The first-order chi connectivity index (χ1) is 16.0. The molecule has 0 spiro atoms. The Labute approximate surface area is 196 Å². The molecule has 5 rings (SSSR count). The van der Waals surface area contributed by atoms with Crippen molar-refractivity contribution in [2.75, 3.05) is 5.32 Å². The normalized spacial score (nSPS) is 18.3. The Hall–Kier alpha value is -3.38. The van der Waals surface area contributed by atoms with Crippen LogP contribution in [0.5, 0.6) is 0 Å². The van der Waals surface area contributed by atoms with Crippen LogP contribution in [0.3, 0.4) is 0 Å². The van der Waals surface area contributed by atoms with Crippen LogP contribution in [0.2, 0.25) is 5.02 Å². The zero-order chi connectivity index (χ0) is 22.8. The largest absolute Gasteiger partial charge is 0.481 e. The Morgan fingerprint density at radius 2 is 1.85 bits per heavy atom. The van der Waals surface area contributed by atoms with Gasteiger partial charge in [-0.25, -0.2) is 0 Å². The molecule has 7 heteroatoms. The topological polar surface area (TPSA) is 88.2 Å². The van der Waals surface area contributed by atoms with Crippen molar-refractivity contribution >= 4 is 40.4 Å². The molecule has 4 aromatic rings. The second-order valence-corrected chi connectivity index (χ2v) is 9.06. The number of hydrogen-bond donors (Lipinski definition) is 2. The fourth-order valence-electron chi connectivity index (χ4n) is 4.59. The van der Waals surface area contributed by atoms with Gasteiger partial charge in [0.05, 0.1) is 17.6 Å². The zero-order valence-electron chi connectivity index (χ0n) is 18.0. The molecule has 33 heavy (non-hydrogen) atoms. The zero-order valence-corrected chi connectivity index (χ0v) is 18.8. The quantitative estimate of drug-likeness (QED) is 0.320. The molecule has 1 aliphatic carbocycles. The number of aliphatic carboxylic acids is 1. The fourth-order valence-corrected chi connectivity index (χ4v) is 4.75. The molecule has 6 nitrogen and oxygen atoms in total. The van der Waals surface area contributed by atoms with E-state index in [0.717, 1.165) is 48.1 Å². The smallest absolute Gasteiger partial charge is 0.303 e. The maximum Gasteiger partial charge on any atom is 0.303 e. The van der Waals surface area contributed by atoms with Gasteiger partial charge in [0.15, 0.2) is 5.58 Å². The number of aromatic nitrogens is 2. The van der Waals surface area contributed by atoms with Gasteiger partial charge in [0, 0.05) is 23.1 Å². The fraction of sp³-hybridized carbons (Fsp3) is 0.269. The predicted molar refractivity (Wildman–Crippen MR) is 129 cm³/mol. The number of benzene rings is 2. The van der Waals surface area contributed by atoms with Crippen LogP contribution in [0.25, 0.3) is 22.4 Å². The van der Waals surface area contributed by atoms with Gasteiger partial charge in [-0.3, -0.25) is 9.78 Å². The van der Waals surface area contributed by atoms with Gasteiger partial charge in [-0.15, -0.1) is 0 Å². The van der Waals surface area contributed by atoms with E-state index in [-0.39, 0.29) is 0 Å². The molecule has 0 atom stereocenters. The molecule has 1 aliphatic rings. The number of carbonyl (C=O) groups is 1. The molecule has 0 unspecified atom stereocenters. The van der Waals surface area contributed by atoms with Crippen molar-refractivity contribution in [2.24, 2.45) is 5.92 Å². The van der Waals surface area contributed by atoms with E-state index in [4.69, 9.17) is 21.1 Å². The minimum Gasteiger partial charge on any atom is -0.481 e. The molecule has 0 amide bonds. The Bertz CT molecular complexity index is 1260. The maximum absolute atomic E-state index is 10.9. The summed E-state index contributed by atoms with van der Waals surface area (Å²) in [5.41, 5.74) is 5.42. The summed E-state index contributed by atoms with van der Waals surface area (Å²) < 4.78 is 5.70. The summed E-state index contributed by atoms with van der Waals surface area (Å²) in [5.74, 6) is 0.145. The third-order valence-corrected chi connectivity index (χ3v) is 6.59. The van der Waals surface area contributed by atoms with Crippen molar-refractivity contribution in [3.8, 4) is 11.3 Å². The highest BCUT2D eigenvalue weighted by Gasteiger charge is 2.24. The van der Waals surface area contributed by atoms with Crippen LogP contribution in [0.15, 0.2) is 65.2 Å². The summed E-state index contributed by atoms with van der Waals surface area (Å²) >= 11 is 6.00. The molecule has 1 fully saturated rings. The number of carboxylic acid groups (broad SMARTS) is 1. The average molecular weight is 462 g/mol. The third kappa shape index (κ3) is 5.01. The first-order valence-corrected chi connectivity index (χ1v) is 11.5. The van der Waals surface area contributed by atoms with Crippen molar-refractivity contribution in [2.45, 2.75) is 38.0 Å². The van der Waals surface area contributed by atoms with Crippen LogP contribution >= 0.6 is 11.6 Å². The molecular weight excluding hydrogens is 438 g/mol. The Morgan fingerprint density at radius 1 is 1.06 bits per heavy atom. The Kier molecular flexibility index (Phi) is 6.01. The van der Waals surface area contributed by atoms with Crippen LogP contribution in [0, 0.1) is 5.92 Å². The number of hydrogen-bond acceptors (Lipinski definition) is 5. The molecule has 0 radical (unpaired) electrons. The SMILES string of the molecule is O=C(O)CC1CCC(c2ccc(-c3ccc(Nc4nc5ccc(Cl)cc5o4)cn3)cc2)CC1. The van der Waals surface area contributed by atoms with Gasteiger partial charge in [-0.1, -0.05) is 35.9 Å². The Balaban J connectivity index is 1.22. The van der Waals surface area contributed by atoms with Crippen LogP contribution < -0.4 is 5.32 Å². The van der Waals surface area contributed by atoms with Crippen LogP contribution in [0.4, 0.5) is 11.7 Å². The number of halogens is 1. The standard InChI is InChI=1S/C26H24ClN3O3/c27-20-9-11-23-24(14-20)33-26(30-23)29-21-10-12-22(28-15-21)19-7-5-18(6-8-19)17-3-1-16(2-4-17)13-25(31)32/h5-12,14-17H,1-4,13H2,(H,29,30)(H,31,32). The molecule has 0 aliphatic heterocycles. The lowest BCUT2D eigenvalue weighted by molar-refractivity contribution is -0.138. The van der Waals surface area contributed by atoms with Crippen molar-refractivity contribution in [3.63, 3.8) is 0 Å². The molecule has 0 bridgehead atoms. The second kappa shape index (κ2) is 9.24. The minimum absolute atomic E-state index is 0.295. The summed E-state index contributed by atoms with van der Waals surface area (Å²) in [7, 11) is 0. The third-order valence-electron chi connectivity index (χ3n) is 6.35. The molecule has 2 heterocycles. The van der Waals surface area contributed by atoms with Crippen molar-refractivity contribution in [1.29, 1.82) is 0 Å². The number of nitrogens with one attached hydrogen (secondary N) is 1.